The highest BCUT2D eigenvalue weighted by atomic mass is 32.2. The van der Waals surface area contributed by atoms with Crippen molar-refractivity contribution >= 4 is 17.7 Å². The van der Waals surface area contributed by atoms with Crippen molar-refractivity contribution in [3.63, 3.8) is 0 Å². The molecule has 0 aromatic rings. The summed E-state index contributed by atoms with van der Waals surface area (Å²) in [6, 6.07) is 0.724. The van der Waals surface area contributed by atoms with Gasteiger partial charge in [0.2, 0.25) is 5.91 Å². The van der Waals surface area contributed by atoms with Gasteiger partial charge >= 0.3 is 0 Å². The molecule has 1 N–H and O–H groups in total. The zero-order chi connectivity index (χ0) is 13.5. The number of carbonyl (C=O) groups excluding carboxylic acids is 1. The predicted molar refractivity (Wildman–Crippen MR) is 80.4 cm³/mol. The zero-order valence-electron chi connectivity index (χ0n) is 12.2. The lowest BCUT2D eigenvalue weighted by Crippen LogP contribution is -2.52. The Morgan fingerprint density at radius 1 is 1.32 bits per heavy atom. The van der Waals surface area contributed by atoms with Crippen molar-refractivity contribution < 1.29 is 4.79 Å². The molecule has 0 bridgehead atoms. The number of nitrogens with zero attached hydrogens (tertiary/aromatic N) is 1. The van der Waals surface area contributed by atoms with Gasteiger partial charge in [-0.3, -0.25) is 4.79 Å². The summed E-state index contributed by atoms with van der Waals surface area (Å²) in [7, 11) is 0. The summed E-state index contributed by atoms with van der Waals surface area (Å²) in [6.07, 6.45) is 6.37. The maximum absolute atomic E-state index is 12.7. The molecule has 1 amide bonds. The SMILES string of the molecule is CC1(C)CN(C(=O)C2CC3CCCCC3N2)CCS1. The summed E-state index contributed by atoms with van der Waals surface area (Å²) in [5.74, 6) is 2.20. The van der Waals surface area contributed by atoms with Gasteiger partial charge in [0.15, 0.2) is 0 Å². The van der Waals surface area contributed by atoms with Crippen molar-refractivity contribution in [1.29, 1.82) is 0 Å². The fraction of sp³-hybridized carbons (Fsp3) is 0.933. The molecule has 2 heterocycles. The molecule has 2 aliphatic heterocycles. The van der Waals surface area contributed by atoms with Crippen molar-refractivity contribution in [2.45, 2.75) is 62.8 Å². The van der Waals surface area contributed by atoms with E-state index in [1.165, 1.54) is 25.7 Å². The van der Waals surface area contributed by atoms with Gasteiger partial charge in [0.1, 0.15) is 0 Å². The number of hydrogen-bond donors (Lipinski definition) is 1. The lowest BCUT2D eigenvalue weighted by atomic mass is 9.85. The van der Waals surface area contributed by atoms with E-state index in [1.54, 1.807) is 0 Å². The molecular formula is C15H26N2OS. The van der Waals surface area contributed by atoms with Gasteiger partial charge in [0.25, 0.3) is 0 Å². The summed E-state index contributed by atoms with van der Waals surface area (Å²) in [6.45, 7) is 6.34. The fourth-order valence-electron chi connectivity index (χ4n) is 3.94. The Kier molecular flexibility index (Phi) is 3.82. The van der Waals surface area contributed by atoms with Crippen LogP contribution in [-0.4, -0.2) is 46.5 Å². The van der Waals surface area contributed by atoms with E-state index < -0.39 is 0 Å². The maximum atomic E-state index is 12.7. The standard InChI is InChI=1S/C15H26N2OS/c1-15(2)10-17(7-8-19-15)14(18)13-9-11-5-3-4-6-12(11)16-13/h11-13,16H,3-10H2,1-2H3. The second-order valence-corrected chi connectivity index (χ2v) is 8.78. The minimum absolute atomic E-state index is 0.104. The predicted octanol–water partition coefficient (Wildman–Crippen LogP) is 2.26. The minimum Gasteiger partial charge on any atom is -0.339 e. The van der Waals surface area contributed by atoms with Gasteiger partial charge in [-0.25, -0.2) is 0 Å². The molecule has 4 heteroatoms. The van der Waals surface area contributed by atoms with Gasteiger partial charge in [-0.1, -0.05) is 12.8 Å². The minimum atomic E-state index is 0.104. The molecule has 19 heavy (non-hydrogen) atoms. The molecule has 3 aliphatic rings. The van der Waals surface area contributed by atoms with Crippen LogP contribution in [0.3, 0.4) is 0 Å². The largest absolute Gasteiger partial charge is 0.339 e. The molecule has 3 fully saturated rings. The Morgan fingerprint density at radius 3 is 2.84 bits per heavy atom. The van der Waals surface area contributed by atoms with E-state index in [-0.39, 0.29) is 10.8 Å². The Bertz CT molecular complexity index is 344. The normalized spacial score (nSPS) is 38.0. The van der Waals surface area contributed by atoms with Crippen LogP contribution in [0.25, 0.3) is 0 Å². The van der Waals surface area contributed by atoms with Crippen LogP contribution in [0.2, 0.25) is 0 Å². The topological polar surface area (TPSA) is 32.3 Å². The van der Waals surface area contributed by atoms with Crippen LogP contribution in [0.5, 0.6) is 0 Å². The molecule has 1 saturated carbocycles. The van der Waals surface area contributed by atoms with E-state index in [0.29, 0.717) is 11.9 Å². The average molecular weight is 282 g/mol. The van der Waals surface area contributed by atoms with Crippen LogP contribution in [0.15, 0.2) is 0 Å². The van der Waals surface area contributed by atoms with Crippen molar-refractivity contribution in [3.8, 4) is 0 Å². The van der Waals surface area contributed by atoms with Crippen LogP contribution in [0, 0.1) is 5.92 Å². The summed E-state index contributed by atoms with van der Waals surface area (Å²) in [5, 5.41) is 3.62. The van der Waals surface area contributed by atoms with Crippen molar-refractivity contribution in [2.75, 3.05) is 18.8 Å². The second kappa shape index (κ2) is 5.28. The Labute approximate surface area is 120 Å². The van der Waals surface area contributed by atoms with E-state index >= 15 is 0 Å². The monoisotopic (exact) mass is 282 g/mol. The van der Waals surface area contributed by atoms with Crippen LogP contribution in [-0.2, 0) is 4.79 Å². The number of nitrogens with one attached hydrogen (secondary N) is 1. The zero-order valence-corrected chi connectivity index (χ0v) is 13.0. The van der Waals surface area contributed by atoms with E-state index in [2.05, 4.69) is 24.1 Å². The number of amides is 1. The molecule has 2 saturated heterocycles. The average Bonchev–Trinajstić information content (AvgIpc) is 2.80. The van der Waals surface area contributed by atoms with Gasteiger partial charge < -0.3 is 10.2 Å². The highest BCUT2D eigenvalue weighted by Gasteiger charge is 2.41. The lowest BCUT2D eigenvalue weighted by molar-refractivity contribution is -0.133. The van der Waals surface area contributed by atoms with Crippen molar-refractivity contribution in [3.05, 3.63) is 0 Å². The fourth-order valence-corrected chi connectivity index (χ4v) is 5.05. The van der Waals surface area contributed by atoms with Gasteiger partial charge in [-0.05, 0) is 39.0 Å². The van der Waals surface area contributed by atoms with Crippen LogP contribution in [0.1, 0.15) is 46.0 Å². The van der Waals surface area contributed by atoms with Crippen LogP contribution >= 0.6 is 11.8 Å². The highest BCUT2D eigenvalue weighted by Crippen LogP contribution is 2.35. The van der Waals surface area contributed by atoms with Gasteiger partial charge in [0, 0.05) is 29.6 Å². The summed E-state index contributed by atoms with van der Waals surface area (Å²) in [5.41, 5.74) is 0. The first-order chi connectivity index (χ1) is 9.05. The first-order valence-corrected chi connectivity index (χ1v) is 8.72. The Hall–Kier alpha value is -0.220. The molecule has 0 spiro atoms. The molecule has 3 rings (SSSR count). The second-order valence-electron chi connectivity index (χ2n) is 6.97. The molecule has 0 aromatic carbocycles. The Morgan fingerprint density at radius 2 is 2.11 bits per heavy atom. The van der Waals surface area contributed by atoms with E-state index in [9.17, 15) is 4.79 Å². The molecule has 3 atom stereocenters. The number of hydrogen-bond acceptors (Lipinski definition) is 3. The Balaban J connectivity index is 1.61. The van der Waals surface area contributed by atoms with Gasteiger partial charge in [-0.15, -0.1) is 0 Å². The van der Waals surface area contributed by atoms with Crippen molar-refractivity contribution in [2.24, 2.45) is 5.92 Å². The molecular weight excluding hydrogens is 256 g/mol. The van der Waals surface area contributed by atoms with Crippen molar-refractivity contribution in [1.82, 2.24) is 10.2 Å². The molecule has 1 aliphatic carbocycles. The third-order valence-electron chi connectivity index (χ3n) is 4.90. The first kappa shape index (κ1) is 13.7. The quantitative estimate of drug-likeness (QED) is 0.801. The number of rotatable bonds is 1. The van der Waals surface area contributed by atoms with E-state index in [1.807, 2.05) is 11.8 Å². The molecule has 3 nitrogen and oxygen atoms in total. The summed E-state index contributed by atoms with van der Waals surface area (Å²) < 4.78 is 0.222. The number of thioether (sulfide) groups is 1. The molecule has 3 unspecified atom stereocenters. The molecule has 0 radical (unpaired) electrons. The first-order valence-electron chi connectivity index (χ1n) is 7.74. The van der Waals surface area contributed by atoms with Crippen LogP contribution in [0.4, 0.5) is 0 Å². The number of carbonyl (C=O) groups is 1. The van der Waals surface area contributed by atoms with Crippen LogP contribution < -0.4 is 5.32 Å². The lowest BCUT2D eigenvalue weighted by Gasteiger charge is -2.38. The summed E-state index contributed by atoms with van der Waals surface area (Å²) in [4.78, 5) is 14.8. The smallest absolute Gasteiger partial charge is 0.239 e. The maximum Gasteiger partial charge on any atom is 0.239 e. The van der Waals surface area contributed by atoms with Gasteiger partial charge in [0.05, 0.1) is 6.04 Å². The van der Waals surface area contributed by atoms with Gasteiger partial charge in [-0.2, -0.15) is 11.8 Å². The van der Waals surface area contributed by atoms with E-state index in [0.717, 1.165) is 31.2 Å². The number of fused-ring (bicyclic) bond motifs is 1. The highest BCUT2D eigenvalue weighted by molar-refractivity contribution is 8.00. The summed E-state index contributed by atoms with van der Waals surface area (Å²) >= 11 is 1.99. The third kappa shape index (κ3) is 2.94. The molecule has 108 valence electrons. The third-order valence-corrected chi connectivity index (χ3v) is 6.20. The van der Waals surface area contributed by atoms with E-state index in [4.69, 9.17) is 0 Å². The molecule has 0 aromatic heterocycles.